The summed E-state index contributed by atoms with van der Waals surface area (Å²) in [5, 5.41) is 3.01. The van der Waals surface area contributed by atoms with Gasteiger partial charge in [0, 0.05) is 4.88 Å². The standard InChI is InChI=1S/C12H16BrClS/c1-12(6-3-2-4-7-12)11(13)10-9(14)5-8-15-10/h5,8,11H,2-4,6-7H2,1H3. The second-order valence-corrected chi connectivity index (χ2v) is 6.98. The van der Waals surface area contributed by atoms with Gasteiger partial charge in [0.1, 0.15) is 0 Å². The third-order valence-electron chi connectivity index (χ3n) is 3.48. The molecule has 0 aromatic carbocycles. The summed E-state index contributed by atoms with van der Waals surface area (Å²) in [6, 6.07) is 2.00. The van der Waals surface area contributed by atoms with Gasteiger partial charge in [0.05, 0.1) is 9.85 Å². The first-order valence-corrected chi connectivity index (χ1v) is 7.68. The van der Waals surface area contributed by atoms with Crippen molar-refractivity contribution in [3.8, 4) is 0 Å². The van der Waals surface area contributed by atoms with Crippen molar-refractivity contribution in [3.63, 3.8) is 0 Å². The Morgan fingerprint density at radius 2 is 2.07 bits per heavy atom. The van der Waals surface area contributed by atoms with Crippen molar-refractivity contribution in [2.75, 3.05) is 0 Å². The first-order chi connectivity index (χ1) is 7.13. The highest BCUT2D eigenvalue weighted by Crippen LogP contribution is 2.52. The molecule has 1 aliphatic carbocycles. The van der Waals surface area contributed by atoms with E-state index in [0.717, 1.165) is 5.02 Å². The van der Waals surface area contributed by atoms with Crippen LogP contribution < -0.4 is 0 Å². The van der Waals surface area contributed by atoms with Gasteiger partial charge in [-0.05, 0) is 29.7 Å². The van der Waals surface area contributed by atoms with Crippen LogP contribution in [-0.2, 0) is 0 Å². The fourth-order valence-electron chi connectivity index (χ4n) is 2.42. The van der Waals surface area contributed by atoms with Crippen LogP contribution in [0.25, 0.3) is 0 Å². The summed E-state index contributed by atoms with van der Waals surface area (Å²) in [6.45, 7) is 2.39. The van der Waals surface area contributed by atoms with Gasteiger partial charge in [-0.1, -0.05) is 53.7 Å². The van der Waals surface area contributed by atoms with Crippen LogP contribution in [-0.4, -0.2) is 0 Å². The minimum atomic E-state index is 0.396. The van der Waals surface area contributed by atoms with Gasteiger partial charge in [0.15, 0.2) is 0 Å². The van der Waals surface area contributed by atoms with Crippen molar-refractivity contribution in [1.82, 2.24) is 0 Å². The zero-order chi connectivity index (χ0) is 10.9. The molecule has 1 aliphatic rings. The molecule has 1 aromatic heterocycles. The average molecular weight is 308 g/mol. The van der Waals surface area contributed by atoms with Crippen LogP contribution in [0.4, 0.5) is 0 Å². The van der Waals surface area contributed by atoms with Crippen LogP contribution in [0.5, 0.6) is 0 Å². The Labute approximate surface area is 109 Å². The highest BCUT2D eigenvalue weighted by atomic mass is 79.9. The molecular formula is C12H16BrClS. The Balaban J connectivity index is 2.19. The van der Waals surface area contributed by atoms with E-state index in [1.54, 1.807) is 11.3 Å². The maximum absolute atomic E-state index is 6.20. The quantitative estimate of drug-likeness (QED) is 0.605. The Morgan fingerprint density at radius 3 is 2.60 bits per heavy atom. The molecule has 1 fully saturated rings. The Bertz CT molecular complexity index is 328. The summed E-state index contributed by atoms with van der Waals surface area (Å²) in [5.74, 6) is 0. The van der Waals surface area contributed by atoms with Gasteiger partial charge in [0.25, 0.3) is 0 Å². The smallest absolute Gasteiger partial charge is 0.0557 e. The molecule has 0 radical (unpaired) electrons. The molecule has 0 aliphatic heterocycles. The Hall–Kier alpha value is 0.470. The first-order valence-electron chi connectivity index (χ1n) is 5.50. The normalized spacial score (nSPS) is 22.6. The van der Waals surface area contributed by atoms with Gasteiger partial charge < -0.3 is 0 Å². The first kappa shape index (κ1) is 11.9. The molecule has 84 valence electrons. The van der Waals surface area contributed by atoms with Crippen molar-refractivity contribution in [2.45, 2.75) is 43.9 Å². The molecule has 1 heterocycles. The number of hydrogen-bond acceptors (Lipinski definition) is 1. The van der Waals surface area contributed by atoms with E-state index in [9.17, 15) is 0 Å². The van der Waals surface area contributed by atoms with Crippen molar-refractivity contribution in [3.05, 3.63) is 21.3 Å². The Kier molecular flexibility index (Phi) is 3.79. The van der Waals surface area contributed by atoms with Crippen molar-refractivity contribution < 1.29 is 0 Å². The lowest BCUT2D eigenvalue weighted by Gasteiger charge is -2.37. The SMILES string of the molecule is CC1(C(Br)c2sccc2Cl)CCCCC1. The molecule has 0 saturated heterocycles. The highest BCUT2D eigenvalue weighted by molar-refractivity contribution is 9.09. The minimum Gasteiger partial charge on any atom is -0.146 e. The summed E-state index contributed by atoms with van der Waals surface area (Å²) < 4.78 is 0. The van der Waals surface area contributed by atoms with Crippen LogP contribution in [0.1, 0.15) is 48.7 Å². The molecule has 1 aromatic rings. The van der Waals surface area contributed by atoms with Crippen LogP contribution in [0.3, 0.4) is 0 Å². The predicted molar refractivity (Wildman–Crippen MR) is 72.2 cm³/mol. The van der Waals surface area contributed by atoms with Crippen LogP contribution in [0, 0.1) is 5.41 Å². The third-order valence-corrected chi connectivity index (χ3v) is 6.77. The second-order valence-electron chi connectivity index (χ2n) is 4.71. The fraction of sp³-hybridized carbons (Fsp3) is 0.667. The topological polar surface area (TPSA) is 0 Å². The van der Waals surface area contributed by atoms with E-state index in [4.69, 9.17) is 11.6 Å². The van der Waals surface area contributed by atoms with Gasteiger partial charge in [-0.2, -0.15) is 0 Å². The van der Waals surface area contributed by atoms with E-state index in [1.165, 1.54) is 37.0 Å². The maximum atomic E-state index is 6.20. The molecule has 0 bridgehead atoms. The van der Waals surface area contributed by atoms with Gasteiger partial charge in [0.2, 0.25) is 0 Å². The summed E-state index contributed by atoms with van der Waals surface area (Å²) in [7, 11) is 0. The third kappa shape index (κ3) is 2.42. The van der Waals surface area contributed by atoms with Gasteiger partial charge in [-0.3, -0.25) is 0 Å². The van der Waals surface area contributed by atoms with Crippen LogP contribution in [0.2, 0.25) is 5.02 Å². The van der Waals surface area contributed by atoms with Crippen molar-refractivity contribution in [2.24, 2.45) is 5.41 Å². The summed E-state index contributed by atoms with van der Waals surface area (Å²) in [5.41, 5.74) is 0.396. The molecule has 3 heteroatoms. The summed E-state index contributed by atoms with van der Waals surface area (Å²) >= 11 is 11.8. The van der Waals surface area contributed by atoms with Crippen molar-refractivity contribution in [1.29, 1.82) is 0 Å². The lowest BCUT2D eigenvalue weighted by Crippen LogP contribution is -2.24. The molecule has 2 rings (SSSR count). The van der Waals surface area contributed by atoms with E-state index in [1.807, 2.05) is 6.07 Å². The fourth-order valence-corrected chi connectivity index (χ4v) is 4.89. The van der Waals surface area contributed by atoms with Gasteiger partial charge in [-0.15, -0.1) is 11.3 Å². The van der Waals surface area contributed by atoms with E-state index >= 15 is 0 Å². The molecule has 0 nitrogen and oxygen atoms in total. The number of hydrogen-bond donors (Lipinski definition) is 0. The zero-order valence-electron chi connectivity index (χ0n) is 8.93. The van der Waals surface area contributed by atoms with E-state index in [0.29, 0.717) is 10.2 Å². The minimum absolute atomic E-state index is 0.396. The molecule has 0 amide bonds. The average Bonchev–Trinajstić information content (AvgIpc) is 2.64. The van der Waals surface area contributed by atoms with Crippen LogP contribution in [0.15, 0.2) is 11.4 Å². The number of alkyl halides is 1. The van der Waals surface area contributed by atoms with Crippen LogP contribution >= 0.6 is 38.9 Å². The summed E-state index contributed by atoms with van der Waals surface area (Å²) in [6.07, 6.45) is 6.75. The maximum Gasteiger partial charge on any atom is 0.0557 e. The van der Waals surface area contributed by atoms with Crippen molar-refractivity contribution >= 4 is 38.9 Å². The zero-order valence-corrected chi connectivity index (χ0v) is 12.1. The van der Waals surface area contributed by atoms with E-state index in [-0.39, 0.29) is 0 Å². The monoisotopic (exact) mass is 306 g/mol. The molecule has 15 heavy (non-hydrogen) atoms. The van der Waals surface area contributed by atoms with Gasteiger partial charge >= 0.3 is 0 Å². The Morgan fingerprint density at radius 1 is 1.40 bits per heavy atom. The molecule has 1 saturated carbocycles. The summed E-state index contributed by atoms with van der Waals surface area (Å²) in [4.78, 5) is 1.74. The lowest BCUT2D eigenvalue weighted by molar-refractivity contribution is 0.214. The highest BCUT2D eigenvalue weighted by Gasteiger charge is 2.36. The lowest BCUT2D eigenvalue weighted by atomic mass is 9.73. The van der Waals surface area contributed by atoms with Gasteiger partial charge in [-0.25, -0.2) is 0 Å². The predicted octanol–water partition coefficient (Wildman–Crippen LogP) is 5.81. The molecule has 1 unspecified atom stereocenters. The molecule has 1 atom stereocenters. The molecular weight excluding hydrogens is 292 g/mol. The van der Waals surface area contributed by atoms with E-state index < -0.39 is 0 Å². The largest absolute Gasteiger partial charge is 0.146 e. The number of rotatable bonds is 2. The molecule has 0 N–H and O–H groups in total. The van der Waals surface area contributed by atoms with E-state index in [2.05, 4.69) is 28.2 Å². The number of halogens is 2. The second kappa shape index (κ2) is 4.77. The number of thiophene rings is 1. The molecule has 0 spiro atoms.